The van der Waals surface area contributed by atoms with Crippen LogP contribution in [0.5, 0.6) is 0 Å². The van der Waals surface area contributed by atoms with Crippen LogP contribution in [-0.4, -0.2) is 37.7 Å². The van der Waals surface area contributed by atoms with Crippen molar-refractivity contribution >= 4 is 5.91 Å². The van der Waals surface area contributed by atoms with Gasteiger partial charge in [-0.2, -0.15) is 0 Å². The summed E-state index contributed by atoms with van der Waals surface area (Å²) >= 11 is 0. The molecule has 2 saturated heterocycles. The molecular formula is C7H12N2O2. The second-order valence-electron chi connectivity index (χ2n) is 3.02. The Morgan fingerprint density at radius 3 is 3.36 bits per heavy atom. The molecule has 0 radical (unpaired) electrons. The van der Waals surface area contributed by atoms with Crippen molar-refractivity contribution in [3.8, 4) is 0 Å². The fourth-order valence-electron chi connectivity index (χ4n) is 1.61. The van der Waals surface area contributed by atoms with Crippen LogP contribution in [0.25, 0.3) is 0 Å². The number of rotatable bonds is 0. The van der Waals surface area contributed by atoms with E-state index in [0.29, 0.717) is 0 Å². The van der Waals surface area contributed by atoms with Crippen LogP contribution in [0, 0.1) is 0 Å². The fraction of sp³-hybridized carbons (Fsp3) is 0.857. The molecule has 0 saturated carbocycles. The molecule has 0 aromatic heterocycles. The van der Waals surface area contributed by atoms with Crippen molar-refractivity contribution in [2.45, 2.75) is 18.6 Å². The molecule has 2 fully saturated rings. The molecule has 2 aliphatic heterocycles. The van der Waals surface area contributed by atoms with E-state index < -0.39 is 0 Å². The molecule has 2 rings (SSSR count). The molecule has 2 atom stereocenters. The lowest BCUT2D eigenvalue weighted by Crippen LogP contribution is -2.59. The number of fused-ring (bicyclic) bond motifs is 1. The van der Waals surface area contributed by atoms with E-state index in [9.17, 15) is 4.79 Å². The summed E-state index contributed by atoms with van der Waals surface area (Å²) in [5.74, 6) is 0.00921. The number of ether oxygens (including phenoxy) is 1. The van der Waals surface area contributed by atoms with Crippen molar-refractivity contribution < 1.29 is 9.53 Å². The van der Waals surface area contributed by atoms with Gasteiger partial charge in [-0.3, -0.25) is 4.79 Å². The van der Waals surface area contributed by atoms with E-state index in [0.717, 1.165) is 19.5 Å². The van der Waals surface area contributed by atoms with Crippen molar-refractivity contribution in [2.75, 3.05) is 19.7 Å². The minimum Gasteiger partial charge on any atom is -0.366 e. The third kappa shape index (κ3) is 1.36. The van der Waals surface area contributed by atoms with Gasteiger partial charge in [0.15, 0.2) is 0 Å². The van der Waals surface area contributed by atoms with Gasteiger partial charge in [0.1, 0.15) is 6.61 Å². The topological polar surface area (TPSA) is 50.4 Å². The first kappa shape index (κ1) is 7.06. The van der Waals surface area contributed by atoms with E-state index in [1.165, 1.54) is 0 Å². The molecule has 0 bridgehead atoms. The highest BCUT2D eigenvalue weighted by Gasteiger charge is 2.31. The summed E-state index contributed by atoms with van der Waals surface area (Å²) in [6, 6.07) is 0.199. The van der Waals surface area contributed by atoms with E-state index in [1.54, 1.807) is 0 Å². The number of hydrogen-bond donors (Lipinski definition) is 2. The van der Waals surface area contributed by atoms with Crippen LogP contribution in [0.3, 0.4) is 0 Å². The van der Waals surface area contributed by atoms with Crippen LogP contribution in [0.2, 0.25) is 0 Å². The third-order valence-corrected chi connectivity index (χ3v) is 2.19. The molecule has 4 nitrogen and oxygen atoms in total. The molecule has 2 aliphatic rings. The van der Waals surface area contributed by atoms with Crippen LogP contribution in [0.1, 0.15) is 6.42 Å². The van der Waals surface area contributed by atoms with Gasteiger partial charge in [0.2, 0.25) is 5.91 Å². The lowest BCUT2D eigenvalue weighted by Gasteiger charge is -2.35. The van der Waals surface area contributed by atoms with Gasteiger partial charge >= 0.3 is 0 Å². The van der Waals surface area contributed by atoms with E-state index in [1.807, 2.05) is 0 Å². The van der Waals surface area contributed by atoms with E-state index >= 15 is 0 Å². The Bertz CT molecular complexity index is 172. The summed E-state index contributed by atoms with van der Waals surface area (Å²) in [5.41, 5.74) is 0. The molecule has 0 spiro atoms. The Morgan fingerprint density at radius 1 is 1.55 bits per heavy atom. The van der Waals surface area contributed by atoms with E-state index in [4.69, 9.17) is 4.74 Å². The van der Waals surface area contributed by atoms with Gasteiger partial charge in [0, 0.05) is 6.54 Å². The quantitative estimate of drug-likeness (QED) is 0.466. The van der Waals surface area contributed by atoms with Gasteiger partial charge in [-0.15, -0.1) is 0 Å². The number of piperidine rings is 1. The summed E-state index contributed by atoms with van der Waals surface area (Å²) in [5, 5.41) is 6.10. The van der Waals surface area contributed by atoms with Crippen LogP contribution >= 0.6 is 0 Å². The summed E-state index contributed by atoms with van der Waals surface area (Å²) in [6.45, 7) is 2.08. The molecule has 11 heavy (non-hydrogen) atoms. The van der Waals surface area contributed by atoms with Crippen LogP contribution < -0.4 is 10.6 Å². The maximum Gasteiger partial charge on any atom is 0.246 e. The van der Waals surface area contributed by atoms with Gasteiger partial charge < -0.3 is 15.4 Å². The van der Waals surface area contributed by atoms with Crippen LogP contribution in [-0.2, 0) is 9.53 Å². The van der Waals surface area contributed by atoms with Gasteiger partial charge in [-0.25, -0.2) is 0 Å². The SMILES string of the molecule is O=C1CO[C@H]2CCNCC2N1. The smallest absolute Gasteiger partial charge is 0.246 e. The monoisotopic (exact) mass is 156 g/mol. The average molecular weight is 156 g/mol. The molecular weight excluding hydrogens is 144 g/mol. The first-order valence-electron chi connectivity index (χ1n) is 3.98. The normalized spacial score (nSPS) is 37.6. The molecule has 1 amide bonds. The van der Waals surface area contributed by atoms with Gasteiger partial charge in [-0.05, 0) is 13.0 Å². The zero-order chi connectivity index (χ0) is 7.68. The predicted molar refractivity (Wildman–Crippen MR) is 39.2 cm³/mol. The molecule has 0 aliphatic carbocycles. The minimum atomic E-state index is 0.00921. The maximum atomic E-state index is 10.9. The van der Waals surface area contributed by atoms with Crippen molar-refractivity contribution in [1.29, 1.82) is 0 Å². The van der Waals surface area contributed by atoms with Crippen molar-refractivity contribution in [3.05, 3.63) is 0 Å². The second kappa shape index (κ2) is 2.79. The molecule has 0 aromatic carbocycles. The van der Waals surface area contributed by atoms with Crippen LogP contribution in [0.4, 0.5) is 0 Å². The molecule has 62 valence electrons. The lowest BCUT2D eigenvalue weighted by atomic mass is 10.0. The summed E-state index contributed by atoms with van der Waals surface area (Å²) < 4.78 is 5.34. The second-order valence-corrected chi connectivity index (χ2v) is 3.02. The number of carbonyl (C=O) groups excluding carboxylic acids is 1. The highest BCUT2D eigenvalue weighted by Crippen LogP contribution is 2.11. The number of carbonyl (C=O) groups is 1. The first-order chi connectivity index (χ1) is 5.36. The lowest BCUT2D eigenvalue weighted by molar-refractivity contribution is -0.138. The van der Waals surface area contributed by atoms with Crippen LogP contribution in [0.15, 0.2) is 0 Å². The van der Waals surface area contributed by atoms with Crippen molar-refractivity contribution in [3.63, 3.8) is 0 Å². The zero-order valence-corrected chi connectivity index (χ0v) is 6.30. The highest BCUT2D eigenvalue weighted by molar-refractivity contribution is 5.78. The van der Waals surface area contributed by atoms with Crippen molar-refractivity contribution in [2.24, 2.45) is 0 Å². The number of amides is 1. The standard InChI is InChI=1S/C7H12N2O2/c10-7-4-11-6-1-2-8-3-5(6)9-7/h5-6,8H,1-4H2,(H,9,10)/t5?,6-/m0/s1. The first-order valence-corrected chi connectivity index (χ1v) is 3.98. The largest absolute Gasteiger partial charge is 0.366 e. The minimum absolute atomic E-state index is 0.00921. The van der Waals surface area contributed by atoms with E-state index in [2.05, 4.69) is 10.6 Å². The fourth-order valence-corrected chi connectivity index (χ4v) is 1.61. The van der Waals surface area contributed by atoms with Gasteiger partial charge in [0.25, 0.3) is 0 Å². The molecule has 0 aromatic rings. The summed E-state index contributed by atoms with van der Waals surface area (Å²) in [7, 11) is 0. The molecule has 2 N–H and O–H groups in total. The number of nitrogens with one attached hydrogen (secondary N) is 2. The molecule has 1 unspecified atom stereocenters. The third-order valence-electron chi connectivity index (χ3n) is 2.19. The number of hydrogen-bond acceptors (Lipinski definition) is 3. The number of morpholine rings is 1. The Kier molecular flexibility index (Phi) is 1.79. The van der Waals surface area contributed by atoms with Gasteiger partial charge in [-0.1, -0.05) is 0 Å². The highest BCUT2D eigenvalue weighted by atomic mass is 16.5. The summed E-state index contributed by atoms with van der Waals surface area (Å²) in [6.07, 6.45) is 1.25. The van der Waals surface area contributed by atoms with E-state index in [-0.39, 0.29) is 24.7 Å². The molecule has 2 heterocycles. The summed E-state index contributed by atoms with van der Waals surface area (Å²) in [4.78, 5) is 10.9. The predicted octanol–water partition coefficient (Wildman–Crippen LogP) is -1.14. The Labute approximate surface area is 65.3 Å². The Morgan fingerprint density at radius 2 is 2.45 bits per heavy atom. The van der Waals surface area contributed by atoms with Gasteiger partial charge in [0.05, 0.1) is 12.1 Å². The average Bonchev–Trinajstić information content (AvgIpc) is 2.04. The maximum absolute atomic E-state index is 10.9. The Hall–Kier alpha value is -0.610. The molecule has 4 heteroatoms. The Balaban J connectivity index is 1.98. The zero-order valence-electron chi connectivity index (χ0n) is 6.30. The van der Waals surface area contributed by atoms with Crippen molar-refractivity contribution in [1.82, 2.24) is 10.6 Å².